The number of aliphatic hydroxyl groups excluding tert-OH is 1. The van der Waals surface area contributed by atoms with E-state index in [0.717, 1.165) is 0 Å². The predicted octanol–water partition coefficient (Wildman–Crippen LogP) is 2.33. The second-order valence-corrected chi connectivity index (χ2v) is 13.4. The molecule has 176 valence electrons. The SMILES string of the molecule is CO[C@@H]1[C@@H](OC)[C@H](O)O[C@H](CO[Si](c2ccccc2)(c2ccccc2)C(C)(C)C)[C@H]1OC. The van der Waals surface area contributed by atoms with E-state index in [4.69, 9.17) is 23.4 Å². The fourth-order valence-corrected chi connectivity index (χ4v) is 9.37. The fraction of sp³-hybridized carbons (Fsp3) is 0.520. The molecule has 0 bridgehead atoms. The van der Waals surface area contributed by atoms with Gasteiger partial charge >= 0.3 is 0 Å². The Morgan fingerprint density at radius 1 is 0.781 bits per heavy atom. The molecular weight excluding hydrogens is 424 g/mol. The molecule has 6 nitrogen and oxygen atoms in total. The molecule has 3 rings (SSSR count). The molecule has 5 atom stereocenters. The molecule has 0 unspecified atom stereocenters. The lowest BCUT2D eigenvalue weighted by Crippen LogP contribution is -2.68. The summed E-state index contributed by atoms with van der Waals surface area (Å²) >= 11 is 0. The van der Waals surface area contributed by atoms with Gasteiger partial charge in [-0.1, -0.05) is 81.4 Å². The molecule has 2 aromatic carbocycles. The first kappa shape index (κ1) is 25.0. The van der Waals surface area contributed by atoms with Gasteiger partial charge in [-0.25, -0.2) is 0 Å². The Bertz CT molecular complexity index is 786. The zero-order chi connectivity index (χ0) is 23.4. The Balaban J connectivity index is 2.01. The van der Waals surface area contributed by atoms with E-state index in [2.05, 4.69) is 69.3 Å². The standard InChI is InChI=1S/C25H36O6Si/c1-25(2,3)32(18-13-9-7-10-14-18,19-15-11-8-12-16-19)30-17-20-21(27-4)22(28-5)23(29-6)24(26)31-20/h7-16,20-24,26H,17H2,1-6H3/t20-,21-,22+,23-,24-/m1/s1. The van der Waals surface area contributed by atoms with Crippen molar-refractivity contribution in [3.05, 3.63) is 60.7 Å². The highest BCUT2D eigenvalue weighted by molar-refractivity contribution is 6.99. The predicted molar refractivity (Wildman–Crippen MR) is 127 cm³/mol. The number of rotatable bonds is 8. The number of aliphatic hydroxyl groups is 1. The Hall–Kier alpha value is -1.58. The average Bonchev–Trinajstić information content (AvgIpc) is 2.79. The van der Waals surface area contributed by atoms with Crippen LogP contribution in [0.1, 0.15) is 20.8 Å². The van der Waals surface area contributed by atoms with Crippen LogP contribution in [0.5, 0.6) is 0 Å². The Labute approximate surface area is 192 Å². The van der Waals surface area contributed by atoms with Crippen LogP contribution < -0.4 is 10.4 Å². The van der Waals surface area contributed by atoms with Crippen molar-refractivity contribution in [3.63, 3.8) is 0 Å². The van der Waals surface area contributed by atoms with Gasteiger partial charge in [0.1, 0.15) is 24.4 Å². The minimum atomic E-state index is -2.74. The number of hydrogen-bond acceptors (Lipinski definition) is 6. The zero-order valence-corrected chi connectivity index (χ0v) is 20.9. The van der Waals surface area contributed by atoms with Gasteiger partial charge in [0.05, 0.1) is 6.61 Å². The third kappa shape index (κ3) is 4.70. The third-order valence-corrected chi connectivity index (χ3v) is 11.3. The number of hydrogen-bond donors (Lipinski definition) is 1. The molecule has 32 heavy (non-hydrogen) atoms. The molecule has 1 fully saturated rings. The Morgan fingerprint density at radius 2 is 1.25 bits per heavy atom. The molecule has 0 aliphatic carbocycles. The molecule has 1 aliphatic heterocycles. The molecule has 0 saturated carbocycles. The maximum Gasteiger partial charge on any atom is 0.261 e. The van der Waals surface area contributed by atoms with Crippen LogP contribution in [0.25, 0.3) is 0 Å². The van der Waals surface area contributed by atoms with Crippen LogP contribution in [0.2, 0.25) is 5.04 Å². The monoisotopic (exact) mass is 460 g/mol. The summed E-state index contributed by atoms with van der Waals surface area (Å²) in [7, 11) is 1.97. The first-order chi connectivity index (χ1) is 15.3. The lowest BCUT2D eigenvalue weighted by Gasteiger charge is -2.46. The van der Waals surface area contributed by atoms with Crippen LogP contribution in [-0.2, 0) is 23.4 Å². The van der Waals surface area contributed by atoms with E-state index in [-0.39, 0.29) is 11.6 Å². The topological polar surface area (TPSA) is 66.4 Å². The van der Waals surface area contributed by atoms with Crippen LogP contribution in [0.15, 0.2) is 60.7 Å². The summed E-state index contributed by atoms with van der Waals surface area (Å²) in [5.41, 5.74) is 0. The van der Waals surface area contributed by atoms with E-state index < -0.39 is 39.0 Å². The van der Waals surface area contributed by atoms with Gasteiger partial charge in [-0.05, 0) is 15.4 Å². The van der Waals surface area contributed by atoms with Crippen molar-refractivity contribution in [1.82, 2.24) is 0 Å². The van der Waals surface area contributed by atoms with Gasteiger partial charge in [0.15, 0.2) is 6.29 Å². The average molecular weight is 461 g/mol. The third-order valence-electron chi connectivity index (χ3n) is 6.31. The van der Waals surface area contributed by atoms with E-state index in [9.17, 15) is 5.11 Å². The van der Waals surface area contributed by atoms with Crippen molar-refractivity contribution >= 4 is 18.7 Å². The minimum absolute atomic E-state index is 0.165. The molecule has 7 heteroatoms. The van der Waals surface area contributed by atoms with Gasteiger partial charge in [-0.15, -0.1) is 0 Å². The molecule has 2 aromatic rings. The molecule has 1 N–H and O–H groups in total. The first-order valence-electron chi connectivity index (χ1n) is 11.0. The Morgan fingerprint density at radius 3 is 1.66 bits per heavy atom. The second-order valence-electron chi connectivity index (χ2n) is 9.14. The van der Waals surface area contributed by atoms with E-state index >= 15 is 0 Å². The van der Waals surface area contributed by atoms with E-state index in [1.54, 1.807) is 14.2 Å². The lowest BCUT2D eigenvalue weighted by atomic mass is 9.99. The van der Waals surface area contributed by atoms with Crippen molar-refractivity contribution in [3.8, 4) is 0 Å². The van der Waals surface area contributed by atoms with Gasteiger partial charge in [-0.3, -0.25) is 0 Å². The molecule has 0 radical (unpaired) electrons. The summed E-state index contributed by atoms with van der Waals surface area (Å²) < 4.78 is 29.7. The van der Waals surface area contributed by atoms with E-state index in [1.807, 2.05) is 12.1 Å². The van der Waals surface area contributed by atoms with Crippen LogP contribution >= 0.6 is 0 Å². The van der Waals surface area contributed by atoms with Crippen molar-refractivity contribution in [2.24, 2.45) is 0 Å². The molecule has 1 saturated heterocycles. The summed E-state index contributed by atoms with van der Waals surface area (Å²) in [6, 6.07) is 20.8. The molecule has 0 amide bonds. The van der Waals surface area contributed by atoms with Gasteiger partial charge < -0.3 is 28.5 Å². The Kier molecular flexibility index (Phi) is 8.27. The highest BCUT2D eigenvalue weighted by Gasteiger charge is 2.52. The summed E-state index contributed by atoms with van der Waals surface area (Å²) in [4.78, 5) is 0. The maximum atomic E-state index is 10.6. The van der Waals surface area contributed by atoms with Crippen LogP contribution in [0, 0.1) is 0 Å². The van der Waals surface area contributed by atoms with Gasteiger partial charge in [0.2, 0.25) is 0 Å². The summed E-state index contributed by atoms with van der Waals surface area (Å²) in [5.74, 6) is 0. The minimum Gasteiger partial charge on any atom is -0.405 e. The first-order valence-corrected chi connectivity index (χ1v) is 12.9. The van der Waals surface area contributed by atoms with Crippen LogP contribution in [0.4, 0.5) is 0 Å². The van der Waals surface area contributed by atoms with Crippen molar-refractivity contribution in [1.29, 1.82) is 0 Å². The van der Waals surface area contributed by atoms with E-state index in [1.165, 1.54) is 17.5 Å². The van der Waals surface area contributed by atoms with Gasteiger partial charge in [0, 0.05) is 21.3 Å². The number of benzene rings is 2. The summed E-state index contributed by atoms with van der Waals surface area (Å²) in [5, 5.41) is 12.8. The quantitative estimate of drug-likeness (QED) is 0.610. The smallest absolute Gasteiger partial charge is 0.261 e. The lowest BCUT2D eigenvalue weighted by molar-refractivity contribution is -0.298. The number of ether oxygens (including phenoxy) is 4. The highest BCUT2D eigenvalue weighted by Crippen LogP contribution is 2.37. The largest absolute Gasteiger partial charge is 0.405 e. The fourth-order valence-electron chi connectivity index (χ4n) is 4.80. The highest BCUT2D eigenvalue weighted by atomic mass is 28.4. The van der Waals surface area contributed by atoms with Crippen LogP contribution in [-0.4, -0.2) is 72.1 Å². The number of methoxy groups -OCH3 is 3. The van der Waals surface area contributed by atoms with Gasteiger partial charge in [0.25, 0.3) is 8.32 Å². The second kappa shape index (κ2) is 10.6. The molecule has 1 aliphatic rings. The normalized spacial score (nSPS) is 26.8. The van der Waals surface area contributed by atoms with E-state index in [0.29, 0.717) is 0 Å². The van der Waals surface area contributed by atoms with Crippen molar-refractivity contribution in [2.45, 2.75) is 56.5 Å². The summed E-state index contributed by atoms with van der Waals surface area (Å²) in [6.07, 6.45) is -3.24. The zero-order valence-electron chi connectivity index (χ0n) is 19.9. The molecule has 0 aromatic heterocycles. The molecule has 0 spiro atoms. The van der Waals surface area contributed by atoms with Crippen LogP contribution in [0.3, 0.4) is 0 Å². The molecule has 1 heterocycles. The maximum absolute atomic E-state index is 10.6. The van der Waals surface area contributed by atoms with Gasteiger partial charge in [-0.2, -0.15) is 0 Å². The van der Waals surface area contributed by atoms with Crippen molar-refractivity contribution in [2.75, 3.05) is 27.9 Å². The molecular formula is C25H36O6Si. The summed E-state index contributed by atoms with van der Waals surface area (Å²) in [6.45, 7) is 6.92. The van der Waals surface area contributed by atoms with Crippen molar-refractivity contribution < 1.29 is 28.5 Å².